The van der Waals surface area contributed by atoms with E-state index in [0.717, 1.165) is 5.56 Å². The van der Waals surface area contributed by atoms with Gasteiger partial charge in [-0.1, -0.05) is 15.9 Å². The van der Waals surface area contributed by atoms with Crippen molar-refractivity contribution < 1.29 is 13.6 Å². The Morgan fingerprint density at radius 1 is 1.21 bits per heavy atom. The molecule has 3 nitrogen and oxygen atoms in total. The van der Waals surface area contributed by atoms with Crippen molar-refractivity contribution in [2.75, 3.05) is 18.0 Å². The van der Waals surface area contributed by atoms with E-state index in [0.29, 0.717) is 35.2 Å². The average molecular weight is 395 g/mol. The number of benzene rings is 2. The molecule has 1 atom stereocenters. The summed E-state index contributed by atoms with van der Waals surface area (Å²) in [6.07, 6.45) is 0.712. The van der Waals surface area contributed by atoms with Crippen molar-refractivity contribution in [3.05, 3.63) is 63.6 Å². The molecule has 0 bridgehead atoms. The van der Waals surface area contributed by atoms with Crippen molar-refractivity contribution >= 4 is 27.5 Å². The highest BCUT2D eigenvalue weighted by molar-refractivity contribution is 9.10. The molecular weight excluding hydrogens is 378 g/mol. The second-order valence-corrected chi connectivity index (χ2v) is 6.85. The molecule has 0 saturated carbocycles. The molecule has 6 heteroatoms. The van der Waals surface area contributed by atoms with Crippen LogP contribution in [0.3, 0.4) is 0 Å². The number of amides is 1. The summed E-state index contributed by atoms with van der Waals surface area (Å²) in [4.78, 5) is 14.4. The molecule has 2 aromatic rings. The Labute approximate surface area is 147 Å². The van der Waals surface area contributed by atoms with Crippen molar-refractivity contribution in [3.8, 4) is 0 Å². The number of nitrogens with zero attached hydrogens (tertiary/aromatic N) is 1. The maximum Gasteiger partial charge on any atom is 0.231 e. The van der Waals surface area contributed by atoms with Crippen LogP contribution >= 0.6 is 15.9 Å². The van der Waals surface area contributed by atoms with Crippen molar-refractivity contribution in [2.45, 2.75) is 12.8 Å². The third kappa shape index (κ3) is 3.49. The first kappa shape index (κ1) is 17.0. The van der Waals surface area contributed by atoms with Gasteiger partial charge in [0.2, 0.25) is 5.91 Å². The van der Waals surface area contributed by atoms with Crippen LogP contribution in [-0.2, 0) is 17.6 Å². The number of nitrogens with two attached hydrogens (primary N) is 1. The summed E-state index contributed by atoms with van der Waals surface area (Å²) in [7, 11) is 0. The second kappa shape index (κ2) is 6.99. The predicted molar refractivity (Wildman–Crippen MR) is 92.8 cm³/mol. The van der Waals surface area contributed by atoms with Gasteiger partial charge in [-0.05, 0) is 66.4 Å². The highest BCUT2D eigenvalue weighted by Gasteiger charge is 2.28. The van der Waals surface area contributed by atoms with Crippen LogP contribution in [-0.4, -0.2) is 19.0 Å². The number of rotatable bonds is 3. The van der Waals surface area contributed by atoms with Gasteiger partial charge in [0.05, 0.1) is 6.42 Å². The van der Waals surface area contributed by atoms with Crippen LogP contribution in [0.2, 0.25) is 0 Å². The first-order valence-electron chi connectivity index (χ1n) is 7.70. The van der Waals surface area contributed by atoms with Gasteiger partial charge in [0, 0.05) is 16.7 Å². The fourth-order valence-corrected chi connectivity index (χ4v) is 3.43. The Kier molecular flexibility index (Phi) is 4.96. The van der Waals surface area contributed by atoms with E-state index < -0.39 is 0 Å². The lowest BCUT2D eigenvalue weighted by atomic mass is 9.92. The number of anilines is 1. The Balaban J connectivity index is 1.90. The van der Waals surface area contributed by atoms with Crippen LogP contribution in [0.4, 0.5) is 14.5 Å². The SMILES string of the molecule is NCC1Cc2cc(F)ccc2N(C(=O)Cc2cc(F)ccc2Br)C1. The summed E-state index contributed by atoms with van der Waals surface area (Å²) < 4.78 is 27.6. The topological polar surface area (TPSA) is 46.3 Å². The molecule has 1 aliphatic heterocycles. The Hall–Kier alpha value is -1.79. The number of fused-ring (bicyclic) bond motifs is 1. The molecule has 1 heterocycles. The number of carbonyl (C=O) groups excluding carboxylic acids is 1. The molecule has 0 saturated heterocycles. The molecule has 1 amide bonds. The van der Waals surface area contributed by atoms with E-state index in [9.17, 15) is 13.6 Å². The van der Waals surface area contributed by atoms with E-state index in [2.05, 4.69) is 15.9 Å². The molecule has 24 heavy (non-hydrogen) atoms. The predicted octanol–water partition coefficient (Wildman–Crippen LogP) is 3.43. The smallest absolute Gasteiger partial charge is 0.231 e. The van der Waals surface area contributed by atoms with Gasteiger partial charge in [-0.3, -0.25) is 4.79 Å². The molecule has 0 spiro atoms. The number of carbonyl (C=O) groups is 1. The summed E-state index contributed by atoms with van der Waals surface area (Å²) in [6.45, 7) is 0.907. The largest absolute Gasteiger partial charge is 0.330 e. The van der Waals surface area contributed by atoms with E-state index in [4.69, 9.17) is 5.73 Å². The minimum Gasteiger partial charge on any atom is -0.330 e. The maximum atomic E-state index is 13.5. The number of hydrogen-bond donors (Lipinski definition) is 1. The minimum atomic E-state index is -0.387. The minimum absolute atomic E-state index is 0.0620. The van der Waals surface area contributed by atoms with E-state index in [1.54, 1.807) is 17.0 Å². The lowest BCUT2D eigenvalue weighted by Crippen LogP contribution is -2.43. The van der Waals surface area contributed by atoms with Gasteiger partial charge in [0.15, 0.2) is 0 Å². The lowest BCUT2D eigenvalue weighted by Gasteiger charge is -2.34. The second-order valence-electron chi connectivity index (χ2n) is 6.00. The molecule has 0 aliphatic carbocycles. The highest BCUT2D eigenvalue weighted by Crippen LogP contribution is 2.31. The Bertz CT molecular complexity index is 782. The normalized spacial score (nSPS) is 16.8. The van der Waals surface area contributed by atoms with E-state index in [1.807, 2.05) is 0 Å². The molecule has 0 aromatic heterocycles. The van der Waals surface area contributed by atoms with Gasteiger partial charge >= 0.3 is 0 Å². The number of halogens is 3. The van der Waals surface area contributed by atoms with Crippen LogP contribution < -0.4 is 10.6 Å². The monoisotopic (exact) mass is 394 g/mol. The van der Waals surface area contributed by atoms with Gasteiger partial charge in [0.25, 0.3) is 0 Å². The van der Waals surface area contributed by atoms with Crippen LogP contribution in [0.15, 0.2) is 40.9 Å². The van der Waals surface area contributed by atoms with Crippen molar-refractivity contribution in [3.63, 3.8) is 0 Å². The average Bonchev–Trinajstić information content (AvgIpc) is 2.56. The lowest BCUT2D eigenvalue weighted by molar-refractivity contribution is -0.118. The fourth-order valence-electron chi connectivity index (χ4n) is 3.04. The Morgan fingerprint density at radius 2 is 1.92 bits per heavy atom. The van der Waals surface area contributed by atoms with E-state index in [1.165, 1.54) is 24.3 Å². The summed E-state index contributed by atoms with van der Waals surface area (Å²) in [5, 5.41) is 0. The van der Waals surface area contributed by atoms with Crippen molar-refractivity contribution in [1.82, 2.24) is 0 Å². The molecule has 1 aliphatic rings. The zero-order valence-electron chi connectivity index (χ0n) is 12.9. The zero-order valence-corrected chi connectivity index (χ0v) is 14.5. The molecule has 1 unspecified atom stereocenters. The van der Waals surface area contributed by atoms with Crippen LogP contribution in [0.1, 0.15) is 11.1 Å². The fraction of sp³-hybridized carbons (Fsp3) is 0.278. The molecule has 2 N–H and O–H groups in total. The van der Waals surface area contributed by atoms with Crippen LogP contribution in [0.25, 0.3) is 0 Å². The third-order valence-electron chi connectivity index (χ3n) is 4.27. The van der Waals surface area contributed by atoms with Gasteiger partial charge in [-0.25, -0.2) is 8.78 Å². The first-order valence-corrected chi connectivity index (χ1v) is 8.50. The van der Waals surface area contributed by atoms with Crippen molar-refractivity contribution in [1.29, 1.82) is 0 Å². The van der Waals surface area contributed by atoms with Gasteiger partial charge < -0.3 is 10.6 Å². The molecule has 2 aromatic carbocycles. The summed E-state index contributed by atoms with van der Waals surface area (Å²) >= 11 is 3.34. The molecule has 126 valence electrons. The summed E-state index contributed by atoms with van der Waals surface area (Å²) in [5.41, 5.74) is 7.84. The standard InChI is InChI=1S/C18H17BrF2N2O/c19-16-3-1-14(20)6-12(16)8-18(24)23-10-11(9-22)5-13-7-15(21)2-4-17(13)23/h1-4,6-7,11H,5,8-10,22H2. The molecule has 3 rings (SSSR count). The van der Waals surface area contributed by atoms with E-state index >= 15 is 0 Å². The van der Waals surface area contributed by atoms with Gasteiger partial charge in [-0.2, -0.15) is 0 Å². The highest BCUT2D eigenvalue weighted by atomic mass is 79.9. The summed E-state index contributed by atoms with van der Waals surface area (Å²) in [5.74, 6) is -0.792. The first-order chi connectivity index (χ1) is 11.5. The Morgan fingerprint density at radius 3 is 2.67 bits per heavy atom. The van der Waals surface area contributed by atoms with E-state index in [-0.39, 0.29) is 29.9 Å². The maximum absolute atomic E-state index is 13.5. The quantitative estimate of drug-likeness (QED) is 0.866. The number of hydrogen-bond acceptors (Lipinski definition) is 2. The van der Waals surface area contributed by atoms with Crippen LogP contribution in [0, 0.1) is 17.6 Å². The third-order valence-corrected chi connectivity index (χ3v) is 5.04. The van der Waals surface area contributed by atoms with Gasteiger partial charge in [-0.15, -0.1) is 0 Å². The van der Waals surface area contributed by atoms with Crippen molar-refractivity contribution in [2.24, 2.45) is 11.7 Å². The van der Waals surface area contributed by atoms with Gasteiger partial charge in [0.1, 0.15) is 11.6 Å². The molecule has 0 radical (unpaired) electrons. The summed E-state index contributed by atoms with van der Waals surface area (Å²) in [6, 6.07) is 8.69. The molecular formula is C18H17BrF2N2O. The zero-order chi connectivity index (χ0) is 17.3. The molecule has 0 fully saturated rings. The van der Waals surface area contributed by atoms with Crippen LogP contribution in [0.5, 0.6) is 0 Å².